The van der Waals surface area contributed by atoms with E-state index in [2.05, 4.69) is 26.3 Å². The van der Waals surface area contributed by atoms with Crippen LogP contribution in [0.3, 0.4) is 0 Å². The molecule has 3 N–H and O–H groups in total. The average Bonchev–Trinajstić information content (AvgIpc) is 4.16. The molecule has 5 rings (SSSR count). The van der Waals surface area contributed by atoms with Crippen LogP contribution < -0.4 is 20.0 Å². The number of anilines is 3. The van der Waals surface area contributed by atoms with Gasteiger partial charge in [0, 0.05) is 44.5 Å². The third-order valence-corrected chi connectivity index (χ3v) is 10.4. The molecule has 0 bridgehead atoms. The molecule has 19 nitrogen and oxygen atoms in total. The summed E-state index contributed by atoms with van der Waals surface area (Å²) in [5.74, 6) is 0.753. The third kappa shape index (κ3) is 17.3. The molecule has 0 saturated heterocycles. The predicted octanol–water partition coefficient (Wildman–Crippen LogP) is 3.15. The van der Waals surface area contributed by atoms with Gasteiger partial charge in [0.15, 0.2) is 0 Å². The summed E-state index contributed by atoms with van der Waals surface area (Å²) in [6.07, 6.45) is 5.21. The molecule has 1 fully saturated rings. The Morgan fingerprint density at radius 3 is 1.72 bits per heavy atom. The summed E-state index contributed by atoms with van der Waals surface area (Å²) in [5.41, 5.74) is 5.38. The maximum atomic E-state index is 13.0. The van der Waals surface area contributed by atoms with Crippen molar-refractivity contribution < 1.29 is 62.5 Å². The maximum absolute atomic E-state index is 13.0. The van der Waals surface area contributed by atoms with Gasteiger partial charge in [0.2, 0.25) is 18.3 Å². The molecule has 3 amide bonds. The van der Waals surface area contributed by atoms with E-state index < -0.39 is 6.09 Å². The van der Waals surface area contributed by atoms with Crippen LogP contribution in [-0.4, -0.2) is 170 Å². The molecule has 3 aromatic rings. The van der Waals surface area contributed by atoms with Crippen LogP contribution in [-0.2, 0) is 60.6 Å². The fraction of sp³-hybridized carbons (Fsp3) is 0.578. The van der Waals surface area contributed by atoms with Gasteiger partial charge in [-0.05, 0) is 47.6 Å². The summed E-state index contributed by atoms with van der Waals surface area (Å²) >= 11 is 0. The highest BCUT2D eigenvalue weighted by molar-refractivity contribution is 5.98. The van der Waals surface area contributed by atoms with E-state index >= 15 is 0 Å². The van der Waals surface area contributed by atoms with E-state index in [1.165, 1.54) is 4.90 Å². The Labute approximate surface area is 374 Å². The number of rotatable bonds is 34. The number of aromatic nitrogens is 2. The predicted molar refractivity (Wildman–Crippen MR) is 237 cm³/mol. The number of nitrogens with one attached hydrogen (secondary N) is 1. The van der Waals surface area contributed by atoms with Crippen molar-refractivity contribution in [1.82, 2.24) is 15.3 Å². The number of benzene rings is 2. The van der Waals surface area contributed by atoms with Crippen LogP contribution in [0.5, 0.6) is 0 Å². The molecule has 19 heteroatoms. The first kappa shape index (κ1) is 50.2. The molecule has 0 radical (unpaired) electrons. The lowest BCUT2D eigenvalue weighted by Crippen LogP contribution is -2.52. The largest absolute Gasteiger partial charge is 0.465 e. The van der Waals surface area contributed by atoms with Crippen molar-refractivity contribution in [3.63, 3.8) is 0 Å². The molecular formula is C45H64N6O13. The van der Waals surface area contributed by atoms with Gasteiger partial charge in [-0.3, -0.25) is 14.5 Å². The van der Waals surface area contributed by atoms with E-state index in [1.54, 1.807) is 19.3 Å². The monoisotopic (exact) mass is 896 g/mol. The highest BCUT2D eigenvalue weighted by Crippen LogP contribution is 2.45. The Balaban J connectivity index is 0.901. The molecule has 0 unspecified atom stereocenters. The third-order valence-electron chi connectivity index (χ3n) is 10.4. The minimum Gasteiger partial charge on any atom is -0.465 e. The number of carbonyl (C=O) groups is 3. The molecule has 1 aliphatic carbocycles. The molecular weight excluding hydrogens is 833 g/mol. The number of fused-ring (bicyclic) bond motifs is 1. The number of carbonyl (C=O) groups excluding carboxylic acids is 2. The van der Waals surface area contributed by atoms with Gasteiger partial charge in [0.1, 0.15) is 0 Å². The summed E-state index contributed by atoms with van der Waals surface area (Å²) in [6.45, 7) is 9.87. The summed E-state index contributed by atoms with van der Waals surface area (Å²) in [5, 5.41) is 20.7. The fourth-order valence-electron chi connectivity index (χ4n) is 7.06. The lowest BCUT2D eigenvalue weighted by atomic mass is 9.98. The van der Waals surface area contributed by atoms with Gasteiger partial charge < -0.3 is 63.2 Å². The highest BCUT2D eigenvalue weighted by atomic mass is 16.6. The average molecular weight is 897 g/mol. The minimum atomic E-state index is -1.07. The van der Waals surface area contributed by atoms with Crippen molar-refractivity contribution in [1.29, 1.82) is 0 Å². The van der Waals surface area contributed by atoms with Crippen molar-refractivity contribution in [3.8, 4) is 11.1 Å². The van der Waals surface area contributed by atoms with Gasteiger partial charge in [0.25, 0.3) is 0 Å². The lowest BCUT2D eigenvalue weighted by molar-refractivity contribution is -0.117. The van der Waals surface area contributed by atoms with Crippen molar-refractivity contribution >= 4 is 35.7 Å². The van der Waals surface area contributed by atoms with Gasteiger partial charge in [-0.25, -0.2) is 14.8 Å². The maximum Gasteiger partial charge on any atom is 0.404 e. The van der Waals surface area contributed by atoms with Crippen LogP contribution in [0.4, 0.5) is 22.1 Å². The molecule has 0 spiro atoms. The smallest absolute Gasteiger partial charge is 0.404 e. The number of ether oxygens (including phenoxy) is 8. The first-order chi connectivity index (χ1) is 31.4. The summed E-state index contributed by atoms with van der Waals surface area (Å²) in [6, 6.07) is 14.0. The molecule has 1 saturated carbocycles. The number of hydrogen-bond donors (Lipinski definition) is 3. The highest BCUT2D eigenvalue weighted by Gasteiger charge is 2.42. The molecule has 2 heterocycles. The fourth-order valence-corrected chi connectivity index (χ4v) is 7.06. The molecule has 64 heavy (non-hydrogen) atoms. The number of amides is 3. The number of aliphatic hydroxyl groups excluding tert-OH is 1. The van der Waals surface area contributed by atoms with E-state index in [-0.39, 0.29) is 44.2 Å². The Hall–Kier alpha value is -4.83. The van der Waals surface area contributed by atoms with E-state index in [0.29, 0.717) is 125 Å². The Morgan fingerprint density at radius 1 is 0.719 bits per heavy atom. The molecule has 352 valence electrons. The second-order valence-electron chi connectivity index (χ2n) is 15.0. The number of nitrogens with zero attached hydrogens (tertiary/aromatic N) is 5. The van der Waals surface area contributed by atoms with Gasteiger partial charge in [-0.1, -0.05) is 30.3 Å². The van der Waals surface area contributed by atoms with E-state index in [1.807, 2.05) is 41.3 Å². The number of carboxylic acid groups (broad SMARTS) is 1. The van der Waals surface area contributed by atoms with Gasteiger partial charge >= 0.3 is 6.09 Å². The number of hydrogen-bond acceptors (Lipinski definition) is 15. The minimum absolute atomic E-state index is 0.0227. The molecule has 1 aliphatic heterocycles. The van der Waals surface area contributed by atoms with Crippen LogP contribution in [0, 0.1) is 5.92 Å². The number of aliphatic hydroxyl groups is 1. The second-order valence-corrected chi connectivity index (χ2v) is 15.0. The second kappa shape index (κ2) is 28.9. The van der Waals surface area contributed by atoms with Gasteiger partial charge in [0.05, 0.1) is 136 Å². The van der Waals surface area contributed by atoms with Crippen molar-refractivity contribution in [2.45, 2.75) is 39.0 Å². The van der Waals surface area contributed by atoms with Crippen molar-refractivity contribution in [2.75, 3.05) is 140 Å². The molecule has 2 aliphatic rings. The van der Waals surface area contributed by atoms with Crippen molar-refractivity contribution in [2.24, 2.45) is 5.92 Å². The zero-order valence-electron chi connectivity index (χ0n) is 36.8. The summed E-state index contributed by atoms with van der Waals surface area (Å²) in [7, 11) is 0. The summed E-state index contributed by atoms with van der Waals surface area (Å²) < 4.78 is 43.8. The lowest BCUT2D eigenvalue weighted by Gasteiger charge is -2.44. The Morgan fingerprint density at radius 2 is 1.23 bits per heavy atom. The first-order valence-corrected chi connectivity index (χ1v) is 21.9. The van der Waals surface area contributed by atoms with E-state index in [0.717, 1.165) is 46.5 Å². The zero-order valence-corrected chi connectivity index (χ0v) is 36.8. The zero-order chi connectivity index (χ0) is 45.2. The van der Waals surface area contributed by atoms with Crippen molar-refractivity contribution in [3.05, 3.63) is 66.0 Å². The standard InChI is InChI=1S/C45H64N6O13/c1-35(54)51-41-9-8-37(28-42(41)50(32-43(51)36-6-7-36)31-38-4-2-3-5-39(38)33-52)40-29-47-44(48-30-40)49(34-53)11-13-58-15-17-60-19-21-62-23-25-64-27-26-63-24-22-61-20-18-59-16-14-57-12-10-46-45(55)56/h2-5,8-9,28-30,34,36,43,46,52H,6-7,10-27,31-33H2,1H3,(H,55,56)/t43-/m1/s1. The molecule has 1 atom stereocenters. The molecule has 2 aromatic carbocycles. The normalized spacial score (nSPS) is 14.7. The topological polar surface area (TPSA) is 213 Å². The van der Waals surface area contributed by atoms with Crippen LogP contribution in [0.2, 0.25) is 0 Å². The van der Waals surface area contributed by atoms with E-state index in [4.69, 9.17) is 43.0 Å². The quantitative estimate of drug-likeness (QED) is 0.0580. The Bertz CT molecular complexity index is 1820. The van der Waals surface area contributed by atoms with Crippen LogP contribution in [0.15, 0.2) is 54.9 Å². The van der Waals surface area contributed by atoms with E-state index in [9.17, 15) is 19.5 Å². The SMILES string of the molecule is CC(=O)N1c2ccc(-c3cnc(N(C=O)CCOCCOCCOCCOCCOCCOCCOCCOCCNC(=O)O)nc3)cc2N(Cc2ccccc2CO)C[C@@H]1C1CC1. The summed E-state index contributed by atoms with van der Waals surface area (Å²) in [4.78, 5) is 50.0. The molecule has 1 aromatic heterocycles. The Kier molecular flexibility index (Phi) is 22.6. The van der Waals surface area contributed by atoms with Gasteiger partial charge in [-0.2, -0.15) is 0 Å². The van der Waals surface area contributed by atoms with Crippen LogP contribution >= 0.6 is 0 Å². The van der Waals surface area contributed by atoms with Crippen LogP contribution in [0.1, 0.15) is 30.9 Å². The van der Waals surface area contributed by atoms with Crippen LogP contribution in [0.25, 0.3) is 11.1 Å². The van der Waals surface area contributed by atoms with Gasteiger partial charge in [-0.15, -0.1) is 0 Å². The first-order valence-electron chi connectivity index (χ1n) is 21.9.